The molecule has 41 heteroatoms. The molecule has 0 aliphatic heterocycles. The Labute approximate surface area is 601 Å². The van der Waals surface area contributed by atoms with Crippen LogP contribution in [0.25, 0.3) is 0 Å². The topological polar surface area (TPSA) is 476 Å². The number of hydrogen-bond donors (Lipinski definition) is 8. The number of nitro benzene ring substituents is 2. The van der Waals surface area contributed by atoms with E-state index in [9.17, 15) is 84.3 Å². The number of nitro groups is 2. The quantitative estimate of drug-likeness (QED) is 0.00339. The summed E-state index contributed by atoms with van der Waals surface area (Å²) in [7, 11) is -16.4. The Morgan fingerprint density at radius 3 is 1.03 bits per heavy atom. The number of carbonyl (C=O) groups is 6. The van der Waals surface area contributed by atoms with Crippen molar-refractivity contribution in [2.24, 2.45) is 0 Å². The van der Waals surface area contributed by atoms with E-state index < -0.39 is 66.4 Å². The molecule has 6 aromatic carbocycles. The predicted molar refractivity (Wildman–Crippen MR) is 382 cm³/mol. The van der Waals surface area contributed by atoms with Crippen molar-refractivity contribution in [3.8, 4) is 0 Å². The maximum atomic E-state index is 12.4. The molecule has 0 fully saturated rings. The highest BCUT2D eigenvalue weighted by atomic mass is 32.2. The molecule has 0 spiro atoms. The van der Waals surface area contributed by atoms with Crippen molar-refractivity contribution in [3.63, 3.8) is 0 Å². The number of nitrogens with one attached hydrogen (secondary N) is 6. The zero-order valence-electron chi connectivity index (χ0n) is 57.6. The van der Waals surface area contributed by atoms with Gasteiger partial charge in [0.1, 0.15) is 24.1 Å². The molecule has 105 heavy (non-hydrogen) atoms. The van der Waals surface area contributed by atoms with Gasteiger partial charge in [-0.1, -0.05) is 36.4 Å². The lowest BCUT2D eigenvalue weighted by molar-refractivity contribution is -0.384. The first kappa shape index (κ1) is 90.0. The van der Waals surface area contributed by atoms with Crippen LogP contribution >= 0.6 is 22.8 Å². The standard InChI is InChI=1S/C21H26N3O8P.C21H28N3O6P.C16H15N3O5.C6H12F3O6PS/c1-3-31-33(29,32-4-2)15-30-14-13-20(25)22-17-11-9-16(10-12-17)21(26)23-18-7-5-6-8-19(18)24(27)28;1-3-29-31(27,30-4-2)15-28-14-13-20(25)23-17-11-9-16(10-12-17)21(26)24-19-8-6-5-7-18(19)22;20-10-9-15(21)17-12-7-5-11(6-8-12)16(22)18-13-3-1-2-4-14(13)19(23)24;1-3-13-16(10,14-4-2)5-15-17(11,12)6(7,8)9/h5-12H,3-4,13-15H2,1-2H3,(H,22,25)(H,23,26);5-12H,3-4,13-15,22H2,1-2H3,(H,23,25)(H,24,26);1-8,20H,9-10H2,(H,17,21)(H,18,22);3-5H2,1-2H3. The Bertz CT molecular complexity index is 4070. The molecule has 6 amide bonds. The number of benzene rings is 6. The maximum absolute atomic E-state index is 12.4. The second-order valence-corrected chi connectivity index (χ2v) is 28.0. The van der Waals surface area contributed by atoms with Crippen molar-refractivity contribution >= 4 is 120 Å². The van der Waals surface area contributed by atoms with Crippen molar-refractivity contribution in [2.45, 2.75) is 66.3 Å². The van der Waals surface area contributed by atoms with E-state index in [1.54, 1.807) is 88.4 Å². The number of hydrogen-bond acceptors (Lipinski definition) is 26. The molecule has 0 bridgehead atoms. The van der Waals surface area contributed by atoms with Gasteiger partial charge in [-0.15, -0.1) is 0 Å². The molecule has 0 saturated carbocycles. The Kier molecular flexibility index (Phi) is 39.3. The number of carbonyl (C=O) groups excluding carboxylic acids is 6. The van der Waals surface area contributed by atoms with Crippen LogP contribution in [0.15, 0.2) is 146 Å². The molecule has 0 radical (unpaired) electrons. The number of amides is 6. The molecule has 0 aliphatic carbocycles. The minimum Gasteiger partial charge on any atom is -0.397 e. The minimum atomic E-state index is -5.80. The first-order chi connectivity index (χ1) is 49.7. The normalized spacial score (nSPS) is 11.3. The molecule has 6 aromatic rings. The van der Waals surface area contributed by atoms with Crippen molar-refractivity contribution < 1.29 is 120 Å². The molecule has 574 valence electrons. The maximum Gasteiger partial charge on any atom is 0.523 e. The summed E-state index contributed by atoms with van der Waals surface area (Å²) < 4.78 is 137. The third-order valence-corrected chi connectivity index (χ3v) is 19.1. The lowest BCUT2D eigenvalue weighted by Gasteiger charge is -2.17. The molecule has 0 heterocycles. The highest BCUT2D eigenvalue weighted by Crippen LogP contribution is 2.50. The first-order valence-electron chi connectivity index (χ1n) is 31.5. The molecule has 6 rings (SSSR count). The number of aliphatic hydroxyl groups is 1. The third kappa shape index (κ3) is 33.2. The van der Waals surface area contributed by atoms with E-state index in [0.29, 0.717) is 34.0 Å². The second-order valence-electron chi connectivity index (χ2n) is 20.4. The van der Waals surface area contributed by atoms with Crippen LogP contribution in [0.4, 0.5) is 64.4 Å². The zero-order valence-corrected chi connectivity index (χ0v) is 61.1. The van der Waals surface area contributed by atoms with Gasteiger partial charge in [0.25, 0.3) is 29.1 Å². The fourth-order valence-corrected chi connectivity index (χ4v) is 12.9. The van der Waals surface area contributed by atoms with Gasteiger partial charge in [0.05, 0.1) is 99.9 Å². The Morgan fingerprint density at radius 2 is 0.733 bits per heavy atom. The highest BCUT2D eigenvalue weighted by molar-refractivity contribution is 7.87. The van der Waals surface area contributed by atoms with Gasteiger partial charge in [-0.05, 0) is 139 Å². The summed E-state index contributed by atoms with van der Waals surface area (Å²) in [5, 5.41) is 46.3. The predicted octanol–water partition coefficient (Wildman–Crippen LogP) is 12.7. The smallest absolute Gasteiger partial charge is 0.397 e. The fraction of sp³-hybridized carbons (Fsp3) is 0.344. The third-order valence-electron chi connectivity index (χ3n) is 12.6. The molecule has 34 nitrogen and oxygen atoms in total. The minimum absolute atomic E-state index is 0.0121. The van der Waals surface area contributed by atoms with Gasteiger partial charge in [-0.2, -0.15) is 21.6 Å². The Morgan fingerprint density at radius 1 is 0.448 bits per heavy atom. The summed E-state index contributed by atoms with van der Waals surface area (Å²) in [5.41, 5.74) is 3.49. The van der Waals surface area contributed by atoms with E-state index in [2.05, 4.69) is 45.1 Å². The van der Waals surface area contributed by atoms with Gasteiger partial charge < -0.3 is 79.4 Å². The summed E-state index contributed by atoms with van der Waals surface area (Å²) in [6.45, 7) is 10.2. The van der Waals surface area contributed by atoms with Crippen LogP contribution in [0.2, 0.25) is 0 Å². The van der Waals surface area contributed by atoms with Crippen molar-refractivity contribution in [3.05, 3.63) is 183 Å². The van der Waals surface area contributed by atoms with Crippen LogP contribution in [0.1, 0.15) is 91.9 Å². The summed E-state index contributed by atoms with van der Waals surface area (Å²) >= 11 is 0. The number of nitrogens with two attached hydrogens (primary N) is 1. The monoisotopic (exact) mass is 1560 g/mol. The van der Waals surface area contributed by atoms with Gasteiger partial charge >= 0.3 is 38.4 Å². The average Bonchev–Trinajstić information content (AvgIpc) is 0.837. The number of rotatable bonds is 38. The molecular formula is C64H81F3N9O25P3S. The SMILES string of the molecule is CCOP(=O)(COCCC(=O)Nc1ccc(C(=O)Nc2ccccc2N)cc1)OCC.CCOP(=O)(COCCC(=O)Nc1ccc(C(=O)Nc2ccccc2[N+](=O)[O-])cc1)OCC.CCOP(=O)(COS(=O)(=O)C(F)(F)F)OCC.O=C(CCO)Nc1ccc(C(=O)Nc2ccccc2[N+](=O)[O-])cc1. The van der Waals surface area contributed by atoms with Gasteiger partial charge in [0.15, 0.2) is 6.35 Å². The Balaban J connectivity index is 0.000000373. The number of ether oxygens (including phenoxy) is 2. The summed E-state index contributed by atoms with van der Waals surface area (Å²) in [6, 6.07) is 37.1. The molecule has 0 saturated heterocycles. The van der Waals surface area contributed by atoms with E-state index in [-0.39, 0.29) is 149 Å². The van der Waals surface area contributed by atoms with Gasteiger partial charge in [0, 0.05) is 45.9 Å². The van der Waals surface area contributed by atoms with Crippen LogP contribution in [0.5, 0.6) is 0 Å². The van der Waals surface area contributed by atoms with Crippen LogP contribution in [0.3, 0.4) is 0 Å². The second kappa shape index (κ2) is 45.9. The van der Waals surface area contributed by atoms with Crippen LogP contribution < -0.4 is 37.6 Å². The molecule has 0 atom stereocenters. The fourth-order valence-electron chi connectivity index (χ4n) is 7.96. The van der Waals surface area contributed by atoms with Crippen molar-refractivity contribution in [1.29, 1.82) is 0 Å². The molecule has 0 aliphatic rings. The van der Waals surface area contributed by atoms with Crippen molar-refractivity contribution in [1.82, 2.24) is 0 Å². The number of anilines is 7. The molecular weight excluding hydrogens is 1480 g/mol. The number of para-hydroxylation sites is 6. The Hall–Kier alpha value is -9.23. The molecule has 0 unspecified atom stereocenters. The molecule has 9 N–H and O–H groups in total. The molecule has 0 aromatic heterocycles. The summed E-state index contributed by atoms with van der Waals surface area (Å²) in [4.78, 5) is 93.3. The average molecular weight is 1560 g/mol. The van der Waals surface area contributed by atoms with E-state index in [4.69, 9.17) is 38.4 Å². The lowest BCUT2D eigenvalue weighted by Crippen LogP contribution is -2.26. The van der Waals surface area contributed by atoms with Crippen LogP contribution in [0, 0.1) is 20.2 Å². The first-order valence-corrected chi connectivity index (χ1v) is 38.1. The van der Waals surface area contributed by atoms with Crippen LogP contribution in [-0.2, 0) is 79.0 Å². The van der Waals surface area contributed by atoms with E-state index in [1.807, 2.05) is 0 Å². The summed E-state index contributed by atoms with van der Waals surface area (Å²) in [5.74, 6) is -2.29. The number of halogens is 3. The number of alkyl halides is 3. The summed E-state index contributed by atoms with van der Waals surface area (Å²) in [6.07, 6.45) is -1.70. The van der Waals surface area contributed by atoms with Crippen LogP contribution in [-0.4, -0.2) is 143 Å². The van der Waals surface area contributed by atoms with Gasteiger partial charge in [0.2, 0.25) is 17.7 Å². The lowest BCUT2D eigenvalue weighted by atomic mass is 10.1. The number of aliphatic hydroxyl groups excluding tert-OH is 1. The number of nitrogen functional groups attached to an aromatic ring is 1. The van der Waals surface area contributed by atoms with E-state index in [1.165, 1.54) is 98.8 Å². The van der Waals surface area contributed by atoms with Crippen molar-refractivity contribution in [2.75, 3.05) is 116 Å². The van der Waals surface area contributed by atoms with E-state index in [0.717, 1.165) is 0 Å². The van der Waals surface area contributed by atoms with E-state index >= 15 is 0 Å². The number of nitrogens with zero attached hydrogens (tertiary/aromatic N) is 2. The largest absolute Gasteiger partial charge is 0.523 e. The zero-order chi connectivity index (χ0) is 78.2. The highest BCUT2D eigenvalue weighted by Gasteiger charge is 2.48. The van der Waals surface area contributed by atoms with Gasteiger partial charge in [-0.3, -0.25) is 66.9 Å². The van der Waals surface area contributed by atoms with Gasteiger partial charge in [-0.25, -0.2) is 0 Å².